The molecular weight excluding hydrogens is 301 g/mol. The predicted octanol–water partition coefficient (Wildman–Crippen LogP) is 3.86. The first-order valence-corrected chi connectivity index (χ1v) is 8.64. The number of aromatic nitrogens is 2. The molecular formula is C16H20FN3OS. The summed E-state index contributed by atoms with van der Waals surface area (Å²) in [5.74, 6) is 1.69. The second-order valence-corrected chi connectivity index (χ2v) is 6.92. The van der Waals surface area contributed by atoms with Crippen molar-refractivity contribution in [2.24, 2.45) is 0 Å². The van der Waals surface area contributed by atoms with Crippen molar-refractivity contribution in [3.63, 3.8) is 0 Å². The van der Waals surface area contributed by atoms with Gasteiger partial charge in [-0.1, -0.05) is 13.3 Å². The van der Waals surface area contributed by atoms with Crippen molar-refractivity contribution in [1.29, 1.82) is 0 Å². The number of rotatable bonds is 5. The van der Waals surface area contributed by atoms with Crippen LogP contribution in [0.4, 0.5) is 10.2 Å². The molecule has 118 valence electrons. The number of ether oxygens (including phenoxy) is 1. The quantitative estimate of drug-likeness (QED) is 0.906. The Hall–Kier alpha value is -1.56. The average Bonchev–Trinajstić information content (AvgIpc) is 2.94. The molecule has 0 radical (unpaired) electrons. The van der Waals surface area contributed by atoms with Gasteiger partial charge in [0.1, 0.15) is 12.1 Å². The van der Waals surface area contributed by atoms with Gasteiger partial charge in [0.05, 0.1) is 12.6 Å². The maximum absolute atomic E-state index is 13.8. The van der Waals surface area contributed by atoms with Gasteiger partial charge in [0.25, 0.3) is 0 Å². The van der Waals surface area contributed by atoms with Crippen molar-refractivity contribution in [2.45, 2.75) is 37.5 Å². The third-order valence-corrected chi connectivity index (χ3v) is 5.39. The van der Waals surface area contributed by atoms with Gasteiger partial charge in [-0.05, 0) is 24.7 Å². The molecule has 1 aromatic carbocycles. The molecule has 1 aliphatic rings. The van der Waals surface area contributed by atoms with Crippen molar-refractivity contribution >= 4 is 28.5 Å². The van der Waals surface area contributed by atoms with Crippen molar-refractivity contribution < 1.29 is 9.13 Å². The molecule has 2 atom stereocenters. The highest BCUT2D eigenvalue weighted by Crippen LogP contribution is 2.34. The van der Waals surface area contributed by atoms with Gasteiger partial charge in [-0.15, -0.1) is 0 Å². The standard InChI is InChI=1S/C16H20FN3OS/c1-3-22-15-6-4-5-12(15)20-16-10-7-14(21-2)11(17)8-13(10)18-9-19-16/h7-9,12,15H,3-6H2,1-2H3,(H,18,19,20). The van der Waals surface area contributed by atoms with E-state index in [0.717, 1.165) is 23.4 Å². The Morgan fingerprint density at radius 2 is 2.23 bits per heavy atom. The summed E-state index contributed by atoms with van der Waals surface area (Å²) in [4.78, 5) is 8.52. The fourth-order valence-electron chi connectivity index (χ4n) is 3.01. The SMILES string of the molecule is CCSC1CCCC1Nc1ncnc2cc(F)c(OC)cc12. The zero-order valence-corrected chi connectivity index (χ0v) is 13.6. The maximum Gasteiger partial charge on any atom is 0.167 e. The second kappa shape index (κ2) is 6.69. The first-order valence-electron chi connectivity index (χ1n) is 7.59. The molecule has 0 amide bonds. The Morgan fingerprint density at radius 1 is 1.36 bits per heavy atom. The number of nitrogens with one attached hydrogen (secondary N) is 1. The second-order valence-electron chi connectivity index (χ2n) is 5.40. The van der Waals surface area contributed by atoms with Crippen molar-refractivity contribution in [3.8, 4) is 5.75 Å². The van der Waals surface area contributed by atoms with Crippen molar-refractivity contribution in [3.05, 3.63) is 24.3 Å². The highest BCUT2D eigenvalue weighted by molar-refractivity contribution is 7.99. The zero-order valence-electron chi connectivity index (χ0n) is 12.8. The number of thioether (sulfide) groups is 1. The topological polar surface area (TPSA) is 47.0 Å². The third kappa shape index (κ3) is 2.97. The number of halogens is 1. The monoisotopic (exact) mass is 321 g/mol. The summed E-state index contributed by atoms with van der Waals surface area (Å²) in [5.41, 5.74) is 0.591. The van der Waals surface area contributed by atoms with Gasteiger partial charge >= 0.3 is 0 Å². The lowest BCUT2D eigenvalue weighted by Gasteiger charge is -2.21. The number of nitrogens with zero attached hydrogens (tertiary/aromatic N) is 2. The van der Waals surface area contributed by atoms with Crippen LogP contribution in [0.25, 0.3) is 10.9 Å². The van der Waals surface area contributed by atoms with E-state index in [4.69, 9.17) is 4.74 Å². The Morgan fingerprint density at radius 3 is 3.00 bits per heavy atom. The molecule has 6 heteroatoms. The molecule has 22 heavy (non-hydrogen) atoms. The van der Waals surface area contributed by atoms with Gasteiger partial charge in [0, 0.05) is 22.7 Å². The van der Waals surface area contributed by atoms with Crippen molar-refractivity contribution in [1.82, 2.24) is 9.97 Å². The number of fused-ring (bicyclic) bond motifs is 1. The van der Waals surface area contributed by atoms with Crippen LogP contribution in [0.5, 0.6) is 5.75 Å². The fourth-order valence-corrected chi connectivity index (χ4v) is 4.21. The number of methoxy groups -OCH3 is 1. The summed E-state index contributed by atoms with van der Waals surface area (Å²) in [6, 6.07) is 3.47. The van der Waals surface area contributed by atoms with Gasteiger partial charge in [-0.25, -0.2) is 14.4 Å². The zero-order chi connectivity index (χ0) is 15.5. The van der Waals surface area contributed by atoms with E-state index in [9.17, 15) is 4.39 Å². The molecule has 1 aromatic heterocycles. The molecule has 0 bridgehead atoms. The summed E-state index contributed by atoms with van der Waals surface area (Å²) in [5, 5.41) is 4.95. The Bertz CT molecular complexity index is 667. The smallest absolute Gasteiger partial charge is 0.167 e. The summed E-state index contributed by atoms with van der Waals surface area (Å²) >= 11 is 1.99. The van der Waals surface area contributed by atoms with Gasteiger partial charge in [0.2, 0.25) is 0 Å². The minimum absolute atomic E-state index is 0.219. The minimum atomic E-state index is -0.403. The number of anilines is 1. The molecule has 0 aliphatic heterocycles. The van der Waals surface area contributed by atoms with E-state index in [1.807, 2.05) is 11.8 Å². The lowest BCUT2D eigenvalue weighted by molar-refractivity contribution is 0.387. The Kier molecular flexibility index (Phi) is 4.66. The number of hydrogen-bond donors (Lipinski definition) is 1. The van der Waals surface area contributed by atoms with E-state index in [-0.39, 0.29) is 5.75 Å². The molecule has 0 spiro atoms. The van der Waals surface area contributed by atoms with E-state index < -0.39 is 5.82 Å². The van der Waals surface area contributed by atoms with Gasteiger partial charge in [-0.2, -0.15) is 11.8 Å². The lowest BCUT2D eigenvalue weighted by Crippen LogP contribution is -2.26. The normalized spacial score (nSPS) is 21.2. The molecule has 1 heterocycles. The Balaban J connectivity index is 1.93. The molecule has 1 fully saturated rings. The summed E-state index contributed by atoms with van der Waals surface area (Å²) < 4.78 is 18.9. The fraction of sp³-hybridized carbons (Fsp3) is 0.500. The van der Waals surface area contributed by atoms with E-state index in [2.05, 4.69) is 22.2 Å². The van der Waals surface area contributed by atoms with Crippen LogP contribution in [-0.2, 0) is 0 Å². The number of benzene rings is 1. The van der Waals surface area contributed by atoms with Crippen LogP contribution >= 0.6 is 11.8 Å². The molecule has 1 saturated carbocycles. The van der Waals surface area contributed by atoms with Gasteiger partial charge in [-0.3, -0.25) is 0 Å². The molecule has 1 aliphatic carbocycles. The van der Waals surface area contributed by atoms with E-state index in [0.29, 0.717) is 16.8 Å². The largest absolute Gasteiger partial charge is 0.494 e. The van der Waals surface area contributed by atoms with Crippen LogP contribution in [-0.4, -0.2) is 34.1 Å². The van der Waals surface area contributed by atoms with Gasteiger partial charge < -0.3 is 10.1 Å². The highest BCUT2D eigenvalue weighted by Gasteiger charge is 2.27. The minimum Gasteiger partial charge on any atom is -0.494 e. The van der Waals surface area contributed by atoms with E-state index in [1.54, 1.807) is 6.07 Å². The molecule has 2 aromatic rings. The summed E-state index contributed by atoms with van der Waals surface area (Å²) in [6.45, 7) is 2.19. The van der Waals surface area contributed by atoms with Crippen LogP contribution in [0.3, 0.4) is 0 Å². The summed E-state index contributed by atoms with van der Waals surface area (Å²) in [6.07, 6.45) is 5.09. The predicted molar refractivity (Wildman–Crippen MR) is 89.2 cm³/mol. The molecule has 1 N–H and O–H groups in total. The van der Waals surface area contributed by atoms with Crippen molar-refractivity contribution in [2.75, 3.05) is 18.2 Å². The Labute approximate surface area is 133 Å². The first-order chi connectivity index (χ1) is 10.7. The maximum atomic E-state index is 13.8. The molecule has 0 saturated heterocycles. The van der Waals surface area contributed by atoms with Crippen LogP contribution in [0.15, 0.2) is 18.5 Å². The molecule has 2 unspecified atom stereocenters. The highest BCUT2D eigenvalue weighted by atomic mass is 32.2. The lowest BCUT2D eigenvalue weighted by atomic mass is 10.2. The van der Waals surface area contributed by atoms with Crippen LogP contribution in [0.1, 0.15) is 26.2 Å². The first kappa shape index (κ1) is 15.3. The van der Waals surface area contributed by atoms with Gasteiger partial charge in [0.15, 0.2) is 11.6 Å². The molecule has 3 rings (SSSR count). The van der Waals surface area contributed by atoms with Crippen LogP contribution < -0.4 is 10.1 Å². The van der Waals surface area contributed by atoms with E-state index in [1.165, 1.54) is 32.3 Å². The number of hydrogen-bond acceptors (Lipinski definition) is 5. The third-order valence-electron chi connectivity index (χ3n) is 4.06. The van der Waals surface area contributed by atoms with Crippen LogP contribution in [0, 0.1) is 5.82 Å². The van der Waals surface area contributed by atoms with E-state index >= 15 is 0 Å². The average molecular weight is 321 g/mol. The summed E-state index contributed by atoms with van der Waals surface area (Å²) in [7, 11) is 1.46. The molecule has 4 nitrogen and oxygen atoms in total. The van der Waals surface area contributed by atoms with Crippen LogP contribution in [0.2, 0.25) is 0 Å².